The maximum Gasteiger partial charge on any atom is 0.247 e. The van der Waals surface area contributed by atoms with Crippen molar-refractivity contribution in [3.05, 3.63) is 82.7 Å². The number of carbonyl (C=O) groups excluding carboxylic acids is 1. The summed E-state index contributed by atoms with van der Waals surface area (Å²) in [4.78, 5) is 13.8. The normalized spacial score (nSPS) is 15.5. The molecule has 32 heavy (non-hydrogen) atoms. The Hall–Kier alpha value is -3.98. The van der Waals surface area contributed by atoms with Gasteiger partial charge in [-0.1, -0.05) is 47.1 Å². The van der Waals surface area contributed by atoms with Gasteiger partial charge in [0.15, 0.2) is 0 Å². The average molecular weight is 449 g/mol. The van der Waals surface area contributed by atoms with Gasteiger partial charge in [0.25, 0.3) is 0 Å². The zero-order valence-electron chi connectivity index (χ0n) is 17.1. The van der Waals surface area contributed by atoms with Crippen molar-refractivity contribution in [1.29, 1.82) is 0 Å². The number of hydrogen-bond donors (Lipinski definition) is 0. The molecule has 1 aliphatic heterocycles. The van der Waals surface area contributed by atoms with Crippen molar-refractivity contribution in [2.75, 3.05) is 0 Å². The minimum absolute atomic E-state index is 0.211. The van der Waals surface area contributed by atoms with Crippen molar-refractivity contribution >= 4 is 23.4 Å². The summed E-state index contributed by atoms with van der Waals surface area (Å²) in [7, 11) is 0. The number of amides is 1. The Morgan fingerprint density at radius 2 is 1.84 bits per heavy atom. The molecule has 0 radical (unpaired) electrons. The Labute approximate surface area is 187 Å². The molecule has 0 N–H and O–H groups in total. The number of aryl methyl sites for hydroxylation is 1. The third kappa shape index (κ3) is 3.52. The highest BCUT2D eigenvalue weighted by Crippen LogP contribution is 2.34. The van der Waals surface area contributed by atoms with Crippen LogP contribution in [0, 0.1) is 6.92 Å². The van der Waals surface area contributed by atoms with Crippen LogP contribution in [0.1, 0.15) is 30.0 Å². The van der Waals surface area contributed by atoms with Crippen molar-refractivity contribution in [3.8, 4) is 17.1 Å². The smallest absolute Gasteiger partial charge is 0.247 e. The molecule has 2 aromatic carbocycles. The number of halogens is 1. The highest BCUT2D eigenvalue weighted by atomic mass is 35.5. The molecule has 0 saturated carbocycles. The van der Waals surface area contributed by atoms with Gasteiger partial charge in [-0.3, -0.25) is 4.79 Å². The summed E-state index contributed by atoms with van der Waals surface area (Å²) in [6, 6.07) is 16.5. The number of benzene rings is 2. The van der Waals surface area contributed by atoms with Gasteiger partial charge in [0, 0.05) is 17.5 Å². The number of para-hydroxylation sites is 1. The zero-order valence-corrected chi connectivity index (χ0v) is 17.9. The summed E-state index contributed by atoms with van der Waals surface area (Å²) in [5, 5.41) is 19.2. The summed E-state index contributed by atoms with van der Waals surface area (Å²) in [5.74, 6) is 0.419. The summed E-state index contributed by atoms with van der Waals surface area (Å²) in [5.41, 5.74) is 2.95. The SMILES string of the molecule is CC(=O)N1N=C(c2c(-c3cnn(-c4ccccc4)n3)noc2C)OC1c1ccc(Cl)cc1. The van der Waals surface area contributed by atoms with Crippen LogP contribution in [0.5, 0.6) is 0 Å². The van der Waals surface area contributed by atoms with E-state index in [1.165, 1.54) is 16.7 Å². The monoisotopic (exact) mass is 448 g/mol. The lowest BCUT2D eigenvalue weighted by Gasteiger charge is -2.19. The highest BCUT2D eigenvalue weighted by Gasteiger charge is 2.36. The van der Waals surface area contributed by atoms with E-state index in [1.807, 2.05) is 30.3 Å². The molecule has 0 spiro atoms. The molecule has 1 atom stereocenters. The molecule has 10 heteroatoms. The first-order valence-electron chi connectivity index (χ1n) is 9.76. The molecule has 3 heterocycles. The van der Waals surface area contributed by atoms with E-state index in [0.717, 1.165) is 11.3 Å². The Morgan fingerprint density at radius 1 is 1.09 bits per heavy atom. The third-order valence-corrected chi connectivity index (χ3v) is 5.17. The van der Waals surface area contributed by atoms with Gasteiger partial charge in [0.2, 0.25) is 18.0 Å². The molecule has 1 aliphatic rings. The van der Waals surface area contributed by atoms with Crippen molar-refractivity contribution in [1.82, 2.24) is 25.2 Å². The first-order chi connectivity index (χ1) is 15.5. The molecule has 160 valence electrons. The minimum Gasteiger partial charge on any atom is -0.446 e. The van der Waals surface area contributed by atoms with E-state index in [0.29, 0.717) is 27.7 Å². The Bertz CT molecular complexity index is 1310. The van der Waals surface area contributed by atoms with Crippen LogP contribution >= 0.6 is 11.6 Å². The van der Waals surface area contributed by atoms with E-state index in [2.05, 4.69) is 20.5 Å². The van der Waals surface area contributed by atoms with Gasteiger partial charge in [-0.05, 0) is 31.2 Å². The molecule has 4 aromatic rings. The zero-order chi connectivity index (χ0) is 22.2. The number of rotatable bonds is 4. The average Bonchev–Trinajstić information content (AvgIpc) is 3.52. The minimum atomic E-state index is -0.734. The van der Waals surface area contributed by atoms with Crippen molar-refractivity contribution in [3.63, 3.8) is 0 Å². The molecule has 5 rings (SSSR count). The largest absolute Gasteiger partial charge is 0.446 e. The van der Waals surface area contributed by atoms with E-state index in [4.69, 9.17) is 20.9 Å². The quantitative estimate of drug-likeness (QED) is 0.465. The van der Waals surface area contributed by atoms with Crippen LogP contribution < -0.4 is 0 Å². The Morgan fingerprint density at radius 3 is 2.56 bits per heavy atom. The number of hydrogen-bond acceptors (Lipinski definition) is 7. The number of nitrogens with zero attached hydrogens (tertiary/aromatic N) is 6. The maximum atomic E-state index is 12.3. The molecule has 1 unspecified atom stereocenters. The fraction of sp³-hybridized carbons (Fsp3) is 0.136. The summed E-state index contributed by atoms with van der Waals surface area (Å²) < 4.78 is 11.5. The molecule has 2 aromatic heterocycles. The fourth-order valence-corrected chi connectivity index (χ4v) is 3.49. The Kier molecular flexibility index (Phi) is 4.95. The van der Waals surface area contributed by atoms with Crippen molar-refractivity contribution in [2.24, 2.45) is 5.10 Å². The third-order valence-electron chi connectivity index (χ3n) is 4.92. The summed E-state index contributed by atoms with van der Waals surface area (Å²) >= 11 is 6.00. The van der Waals surface area contributed by atoms with Crippen molar-refractivity contribution in [2.45, 2.75) is 20.1 Å². The standard InChI is InChI=1S/C22H17ClN6O3/c1-13-19(20(27-32-13)18-12-24-29(25-18)17-6-4-3-5-7-17)21-26-28(14(2)30)22(31-21)15-8-10-16(23)11-9-15/h3-12,22H,1-2H3. The Balaban J connectivity index is 1.52. The van der Waals surface area contributed by atoms with Gasteiger partial charge >= 0.3 is 0 Å². The lowest BCUT2D eigenvalue weighted by Crippen LogP contribution is -2.25. The topological polar surface area (TPSA) is 98.6 Å². The van der Waals surface area contributed by atoms with Crippen LogP contribution in [0.25, 0.3) is 17.1 Å². The second kappa shape index (κ2) is 7.93. The van der Waals surface area contributed by atoms with Crippen LogP contribution in [0.15, 0.2) is 70.4 Å². The first kappa shape index (κ1) is 20.0. The molecule has 0 bridgehead atoms. The number of hydrazone groups is 1. The van der Waals surface area contributed by atoms with Crippen molar-refractivity contribution < 1.29 is 14.1 Å². The van der Waals surface area contributed by atoms with Gasteiger partial charge < -0.3 is 9.26 Å². The lowest BCUT2D eigenvalue weighted by atomic mass is 10.1. The van der Waals surface area contributed by atoms with Crippen LogP contribution in [0.2, 0.25) is 5.02 Å². The van der Waals surface area contributed by atoms with Crippen LogP contribution in [0.4, 0.5) is 0 Å². The fourth-order valence-electron chi connectivity index (χ4n) is 3.37. The molecule has 0 aliphatic carbocycles. The van der Waals surface area contributed by atoms with E-state index in [1.54, 1.807) is 37.4 Å². The van der Waals surface area contributed by atoms with Crippen LogP contribution in [-0.2, 0) is 9.53 Å². The van der Waals surface area contributed by atoms with E-state index in [-0.39, 0.29) is 11.8 Å². The van der Waals surface area contributed by atoms with Crippen LogP contribution in [-0.4, -0.2) is 37.0 Å². The van der Waals surface area contributed by atoms with Gasteiger partial charge in [-0.15, -0.1) is 10.2 Å². The maximum absolute atomic E-state index is 12.3. The number of aromatic nitrogens is 4. The van der Waals surface area contributed by atoms with E-state index >= 15 is 0 Å². The second-order valence-corrected chi connectivity index (χ2v) is 7.54. The first-order valence-corrected chi connectivity index (χ1v) is 10.1. The summed E-state index contributed by atoms with van der Waals surface area (Å²) in [6.45, 7) is 3.17. The van der Waals surface area contributed by atoms with Crippen LogP contribution in [0.3, 0.4) is 0 Å². The molecular weight excluding hydrogens is 432 g/mol. The lowest BCUT2D eigenvalue weighted by molar-refractivity contribution is -0.135. The predicted molar refractivity (Wildman–Crippen MR) is 116 cm³/mol. The number of carbonyl (C=O) groups is 1. The van der Waals surface area contributed by atoms with Gasteiger partial charge in [0.05, 0.1) is 11.9 Å². The highest BCUT2D eigenvalue weighted by molar-refractivity contribution is 6.30. The van der Waals surface area contributed by atoms with Gasteiger partial charge in [-0.2, -0.15) is 14.9 Å². The molecular formula is C22H17ClN6O3. The molecule has 0 saturated heterocycles. The number of ether oxygens (including phenoxy) is 1. The molecule has 1 amide bonds. The van der Waals surface area contributed by atoms with Gasteiger partial charge in [0.1, 0.15) is 22.7 Å². The van der Waals surface area contributed by atoms with Gasteiger partial charge in [-0.25, -0.2) is 0 Å². The second-order valence-electron chi connectivity index (χ2n) is 7.11. The molecule has 0 fully saturated rings. The predicted octanol–water partition coefficient (Wildman–Crippen LogP) is 4.12. The van der Waals surface area contributed by atoms with E-state index < -0.39 is 6.23 Å². The van der Waals surface area contributed by atoms with E-state index in [9.17, 15) is 4.79 Å². The summed E-state index contributed by atoms with van der Waals surface area (Å²) in [6.07, 6.45) is 0.852. The molecule has 9 nitrogen and oxygen atoms in total.